The number of nitrogens with zero attached hydrogens (tertiary/aromatic N) is 3. The molecule has 2 aromatic carbocycles. The van der Waals surface area contributed by atoms with Gasteiger partial charge in [-0.2, -0.15) is 8.75 Å². The summed E-state index contributed by atoms with van der Waals surface area (Å²) in [5.41, 5.74) is 1.21. The zero-order chi connectivity index (χ0) is 17.2. The number of anilines is 1. The zero-order valence-corrected chi connectivity index (χ0v) is 14.2. The second-order valence-electron chi connectivity index (χ2n) is 4.57. The van der Waals surface area contributed by atoms with Crippen molar-refractivity contribution in [1.82, 2.24) is 13.5 Å². The molecule has 3 aromatic rings. The molecule has 0 aliphatic carbocycles. The molecule has 3 N–H and O–H groups in total. The van der Waals surface area contributed by atoms with Crippen LogP contribution in [-0.2, 0) is 10.0 Å². The molecule has 0 aliphatic heterocycles. The molecule has 0 radical (unpaired) electrons. The number of sulfonamides is 1. The fraction of sp³-hybridized carbons (Fsp3) is 0. The monoisotopic (exact) mass is 383 g/mol. The quantitative estimate of drug-likeness (QED) is 0.277. The lowest BCUT2D eigenvalue weighted by Gasteiger charge is -2.11. The average Bonchev–Trinajstić information content (AvgIpc) is 3.04. The Hall–Kier alpha value is -2.43. The van der Waals surface area contributed by atoms with E-state index in [1.54, 1.807) is 36.4 Å². The maximum absolute atomic E-state index is 12.5. The minimum absolute atomic E-state index is 0.0622. The summed E-state index contributed by atoms with van der Waals surface area (Å²) in [4.78, 5) is -0.0622. The van der Waals surface area contributed by atoms with Crippen LogP contribution in [0.2, 0.25) is 5.02 Å². The van der Waals surface area contributed by atoms with E-state index in [9.17, 15) is 8.42 Å². The summed E-state index contributed by atoms with van der Waals surface area (Å²) in [6, 6.07) is 11.0. The van der Waals surface area contributed by atoms with E-state index in [1.165, 1.54) is 6.07 Å². The number of hydrogen-bond acceptors (Lipinski definition) is 7. The summed E-state index contributed by atoms with van der Waals surface area (Å²) in [6.07, 6.45) is 0. The Bertz CT molecular complexity index is 1000. The van der Waals surface area contributed by atoms with Gasteiger partial charge in [-0.1, -0.05) is 22.8 Å². The van der Waals surface area contributed by atoms with Crippen molar-refractivity contribution in [1.29, 1.82) is 0 Å². The zero-order valence-electron chi connectivity index (χ0n) is 11.8. The maximum Gasteiger partial charge on any atom is 0.266 e. The standard InChI is InChI=1S/C13H10ClN5O3S2/c14-8-4-6-9(7-5-8)15-13(16-20)19-24(21,22)11-3-1-2-10-12(11)18-23-17-10/h1-7,20H,(H2,15,16,19). The molecular weight excluding hydrogens is 374 g/mol. The third-order valence-electron chi connectivity index (χ3n) is 2.98. The highest BCUT2D eigenvalue weighted by molar-refractivity contribution is 7.90. The van der Waals surface area contributed by atoms with Crippen molar-refractivity contribution in [2.45, 2.75) is 4.90 Å². The molecule has 0 saturated carbocycles. The Morgan fingerprint density at radius 2 is 1.92 bits per heavy atom. The second kappa shape index (κ2) is 6.59. The molecule has 1 aromatic heterocycles. The highest BCUT2D eigenvalue weighted by atomic mass is 35.5. The van der Waals surface area contributed by atoms with Crippen LogP contribution >= 0.6 is 23.3 Å². The SMILES string of the molecule is O=S(=O)(NC(=NO)Nc1ccc(Cl)cc1)c1cccc2nsnc12. The predicted molar refractivity (Wildman–Crippen MR) is 92.0 cm³/mol. The summed E-state index contributed by atoms with van der Waals surface area (Å²) < 4.78 is 35.2. The Morgan fingerprint density at radius 1 is 1.17 bits per heavy atom. The molecule has 11 heteroatoms. The number of aromatic nitrogens is 2. The van der Waals surface area contributed by atoms with Crippen molar-refractivity contribution >= 4 is 56.0 Å². The average molecular weight is 384 g/mol. The smallest absolute Gasteiger partial charge is 0.266 e. The van der Waals surface area contributed by atoms with E-state index in [-0.39, 0.29) is 16.4 Å². The van der Waals surface area contributed by atoms with Crippen molar-refractivity contribution in [3.63, 3.8) is 0 Å². The normalized spacial score (nSPS) is 12.3. The van der Waals surface area contributed by atoms with Crippen LogP contribution in [0.1, 0.15) is 0 Å². The third kappa shape index (κ3) is 3.40. The summed E-state index contributed by atoms with van der Waals surface area (Å²) >= 11 is 6.69. The highest BCUT2D eigenvalue weighted by Gasteiger charge is 2.21. The van der Waals surface area contributed by atoms with E-state index >= 15 is 0 Å². The number of nitrogens with one attached hydrogen (secondary N) is 2. The van der Waals surface area contributed by atoms with Crippen molar-refractivity contribution in [3.05, 3.63) is 47.5 Å². The molecule has 3 rings (SSSR count). The van der Waals surface area contributed by atoms with E-state index < -0.39 is 10.0 Å². The number of rotatable bonds is 3. The maximum atomic E-state index is 12.5. The molecule has 0 unspecified atom stereocenters. The van der Waals surface area contributed by atoms with E-state index in [4.69, 9.17) is 16.8 Å². The van der Waals surface area contributed by atoms with Crippen LogP contribution in [0.25, 0.3) is 11.0 Å². The lowest BCUT2D eigenvalue weighted by molar-refractivity contribution is 0.317. The van der Waals surface area contributed by atoms with Crippen LogP contribution in [-0.4, -0.2) is 28.3 Å². The van der Waals surface area contributed by atoms with E-state index in [1.807, 2.05) is 0 Å². The van der Waals surface area contributed by atoms with Gasteiger partial charge in [0, 0.05) is 10.7 Å². The highest BCUT2D eigenvalue weighted by Crippen LogP contribution is 2.21. The van der Waals surface area contributed by atoms with E-state index in [0.29, 0.717) is 16.2 Å². The van der Waals surface area contributed by atoms with Gasteiger partial charge in [-0.3, -0.25) is 0 Å². The van der Waals surface area contributed by atoms with Crippen LogP contribution in [0.3, 0.4) is 0 Å². The second-order valence-corrected chi connectivity index (χ2v) is 7.19. The lowest BCUT2D eigenvalue weighted by atomic mass is 10.3. The minimum atomic E-state index is -4.02. The van der Waals surface area contributed by atoms with Crippen molar-refractivity contribution in [3.8, 4) is 0 Å². The Morgan fingerprint density at radius 3 is 2.62 bits per heavy atom. The van der Waals surface area contributed by atoms with Gasteiger partial charge in [0.1, 0.15) is 15.9 Å². The predicted octanol–water partition coefficient (Wildman–Crippen LogP) is 2.48. The van der Waals surface area contributed by atoms with Gasteiger partial charge in [-0.15, -0.1) is 0 Å². The molecule has 124 valence electrons. The van der Waals surface area contributed by atoms with Gasteiger partial charge in [0.05, 0.1) is 11.7 Å². The fourth-order valence-corrected chi connectivity index (χ4v) is 3.77. The number of halogens is 1. The molecule has 24 heavy (non-hydrogen) atoms. The van der Waals surface area contributed by atoms with Crippen LogP contribution in [0.4, 0.5) is 5.69 Å². The molecule has 8 nitrogen and oxygen atoms in total. The molecule has 0 saturated heterocycles. The van der Waals surface area contributed by atoms with E-state index in [0.717, 1.165) is 11.7 Å². The molecule has 0 amide bonds. The van der Waals surface area contributed by atoms with Gasteiger partial charge < -0.3 is 10.5 Å². The van der Waals surface area contributed by atoms with Gasteiger partial charge in [0.25, 0.3) is 16.0 Å². The largest absolute Gasteiger partial charge is 0.408 e. The van der Waals surface area contributed by atoms with Crippen LogP contribution < -0.4 is 10.0 Å². The molecule has 0 aliphatic rings. The van der Waals surface area contributed by atoms with E-state index in [2.05, 4.69) is 23.9 Å². The summed E-state index contributed by atoms with van der Waals surface area (Å²) in [7, 11) is -4.02. The molecule has 0 spiro atoms. The lowest BCUT2D eigenvalue weighted by Crippen LogP contribution is -2.36. The molecule has 0 fully saturated rings. The summed E-state index contributed by atoms with van der Waals surface area (Å²) in [5.74, 6) is -0.363. The molecule has 0 atom stereocenters. The van der Waals surface area contributed by atoms with Gasteiger partial charge in [-0.25, -0.2) is 13.1 Å². The number of oxime groups is 1. The van der Waals surface area contributed by atoms with Gasteiger partial charge in [-0.05, 0) is 36.4 Å². The summed E-state index contributed by atoms with van der Waals surface area (Å²) in [6.45, 7) is 0. The Balaban J connectivity index is 1.87. The van der Waals surface area contributed by atoms with Gasteiger partial charge in [0.15, 0.2) is 0 Å². The fourth-order valence-electron chi connectivity index (χ4n) is 1.92. The molecule has 1 heterocycles. The Labute approximate surface area is 146 Å². The first-order valence-electron chi connectivity index (χ1n) is 6.48. The Kier molecular flexibility index (Phi) is 4.51. The van der Waals surface area contributed by atoms with Crippen LogP contribution in [0.5, 0.6) is 0 Å². The van der Waals surface area contributed by atoms with Gasteiger partial charge >= 0.3 is 0 Å². The third-order valence-corrected chi connectivity index (χ3v) is 5.14. The topological polar surface area (TPSA) is 117 Å². The van der Waals surface area contributed by atoms with Crippen molar-refractivity contribution < 1.29 is 13.6 Å². The molecule has 0 bridgehead atoms. The van der Waals surface area contributed by atoms with Crippen LogP contribution in [0.15, 0.2) is 52.5 Å². The van der Waals surface area contributed by atoms with Crippen molar-refractivity contribution in [2.24, 2.45) is 5.16 Å². The first-order valence-corrected chi connectivity index (χ1v) is 9.07. The van der Waals surface area contributed by atoms with Crippen molar-refractivity contribution in [2.75, 3.05) is 5.32 Å². The van der Waals surface area contributed by atoms with Crippen LogP contribution in [0, 0.1) is 0 Å². The molecular formula is C13H10ClN5O3S2. The summed E-state index contributed by atoms with van der Waals surface area (Å²) in [5, 5.41) is 15.2. The number of fused-ring (bicyclic) bond motifs is 1. The number of benzene rings is 2. The van der Waals surface area contributed by atoms with Gasteiger partial charge in [0.2, 0.25) is 0 Å². The first kappa shape index (κ1) is 16.4. The minimum Gasteiger partial charge on any atom is -0.408 e. The number of hydrogen-bond donors (Lipinski definition) is 3. The first-order chi connectivity index (χ1) is 11.5. The number of guanidine groups is 1.